The largest absolute Gasteiger partial charge is 0.462 e. The van der Waals surface area contributed by atoms with Gasteiger partial charge in [-0.15, -0.1) is 0 Å². The van der Waals surface area contributed by atoms with Crippen LogP contribution in [0.3, 0.4) is 0 Å². The maximum absolute atomic E-state index is 11.9. The van der Waals surface area contributed by atoms with E-state index < -0.39 is 5.60 Å². The first kappa shape index (κ1) is 27.0. The van der Waals surface area contributed by atoms with E-state index in [0.29, 0.717) is 34.0 Å². The molecule has 0 aromatic rings. The minimum Gasteiger partial charge on any atom is -0.462 e. The molecule has 1 N–H and O–H groups in total. The molecule has 36 heavy (non-hydrogen) atoms. The van der Waals surface area contributed by atoms with Gasteiger partial charge in [0.1, 0.15) is 6.10 Å². The molecule has 4 aliphatic carbocycles. The summed E-state index contributed by atoms with van der Waals surface area (Å²) < 4.78 is 12.7. The van der Waals surface area contributed by atoms with Gasteiger partial charge in [0, 0.05) is 12.3 Å². The zero-order chi connectivity index (χ0) is 26.5. The van der Waals surface area contributed by atoms with E-state index in [1.54, 1.807) is 6.92 Å². The maximum Gasteiger partial charge on any atom is 0.302 e. The first-order valence-electron chi connectivity index (χ1n) is 15.1. The van der Waals surface area contributed by atoms with Gasteiger partial charge in [0.2, 0.25) is 0 Å². The standard InChI is InChI=1S/C32H54O4/c1-20(33)35-26-15-16-29(6)23(27(26,2)3)13-18-31(8)24(29)11-10-21-22(12-17-30(21,31)7)32(9)19-14-25(34)28(4,5)36-32/h21-26,34H,10-19H2,1-9H3/t21-,22?,23+,24-,25-,26+,29+,30-,31-,32+/m1/s1. The number of carbonyl (C=O) groups is 1. The molecule has 1 unspecified atom stereocenters. The third-order valence-electron chi connectivity index (χ3n) is 13.6. The second-order valence-corrected chi connectivity index (χ2v) is 15.8. The third-order valence-corrected chi connectivity index (χ3v) is 13.6. The van der Waals surface area contributed by atoms with Crippen molar-refractivity contribution < 1.29 is 19.4 Å². The Hall–Kier alpha value is -0.610. The number of fused-ring (bicyclic) bond motifs is 5. The van der Waals surface area contributed by atoms with Crippen molar-refractivity contribution in [2.75, 3.05) is 0 Å². The van der Waals surface area contributed by atoms with Crippen molar-refractivity contribution in [2.24, 2.45) is 45.3 Å². The summed E-state index contributed by atoms with van der Waals surface area (Å²) in [7, 11) is 0. The first-order chi connectivity index (χ1) is 16.5. The lowest BCUT2D eigenvalue weighted by Crippen LogP contribution is -2.64. The molecule has 1 heterocycles. The number of hydrogen-bond acceptors (Lipinski definition) is 4. The highest BCUT2D eigenvalue weighted by Gasteiger charge is 2.70. The Labute approximate surface area is 220 Å². The summed E-state index contributed by atoms with van der Waals surface area (Å²) in [6.07, 6.45) is 11.4. The molecule has 4 saturated carbocycles. The highest BCUT2D eigenvalue weighted by Crippen LogP contribution is 2.76. The molecule has 4 nitrogen and oxygen atoms in total. The van der Waals surface area contributed by atoms with E-state index in [-0.39, 0.29) is 29.2 Å². The van der Waals surface area contributed by atoms with Crippen LogP contribution in [0.15, 0.2) is 0 Å². The van der Waals surface area contributed by atoms with Crippen molar-refractivity contribution in [1.29, 1.82) is 0 Å². The molecule has 10 atom stereocenters. The Bertz CT molecular complexity index is 895. The van der Waals surface area contributed by atoms with Crippen molar-refractivity contribution in [3.63, 3.8) is 0 Å². The second-order valence-electron chi connectivity index (χ2n) is 15.8. The number of aliphatic hydroxyl groups excluding tert-OH is 1. The molecule has 5 rings (SSSR count). The quantitative estimate of drug-likeness (QED) is 0.402. The lowest BCUT2D eigenvalue weighted by molar-refractivity contribution is -0.254. The van der Waals surface area contributed by atoms with E-state index in [1.165, 1.54) is 44.9 Å². The summed E-state index contributed by atoms with van der Waals surface area (Å²) in [6.45, 7) is 20.8. The van der Waals surface area contributed by atoms with E-state index in [2.05, 4.69) is 55.4 Å². The molecule has 0 aromatic heterocycles. The van der Waals surface area contributed by atoms with Gasteiger partial charge >= 0.3 is 5.97 Å². The van der Waals surface area contributed by atoms with Crippen LogP contribution in [0.4, 0.5) is 0 Å². The Morgan fingerprint density at radius 2 is 1.42 bits per heavy atom. The van der Waals surface area contributed by atoms with Crippen LogP contribution in [0.25, 0.3) is 0 Å². The normalized spacial score (nSPS) is 53.6. The van der Waals surface area contributed by atoms with Crippen LogP contribution in [-0.2, 0) is 14.3 Å². The predicted octanol–water partition coefficient (Wildman–Crippen LogP) is 7.31. The fourth-order valence-corrected chi connectivity index (χ4v) is 11.6. The Morgan fingerprint density at radius 1 is 0.750 bits per heavy atom. The highest BCUT2D eigenvalue weighted by molar-refractivity contribution is 5.66. The molecule has 1 saturated heterocycles. The summed E-state index contributed by atoms with van der Waals surface area (Å²) in [4.78, 5) is 11.9. The Kier molecular flexibility index (Phi) is 6.14. The first-order valence-corrected chi connectivity index (χ1v) is 15.1. The Morgan fingerprint density at radius 3 is 2.06 bits per heavy atom. The average Bonchev–Trinajstić information content (AvgIpc) is 3.12. The monoisotopic (exact) mass is 502 g/mol. The van der Waals surface area contributed by atoms with E-state index in [0.717, 1.165) is 25.2 Å². The smallest absolute Gasteiger partial charge is 0.302 e. The number of ether oxygens (including phenoxy) is 2. The lowest BCUT2D eigenvalue weighted by atomic mass is 9.35. The second kappa shape index (κ2) is 8.20. The van der Waals surface area contributed by atoms with Crippen LogP contribution in [0.2, 0.25) is 0 Å². The Balaban J connectivity index is 1.43. The van der Waals surface area contributed by atoms with Gasteiger partial charge in [-0.1, -0.05) is 34.6 Å². The van der Waals surface area contributed by atoms with E-state index in [4.69, 9.17) is 9.47 Å². The SMILES string of the molecule is CC(=O)O[C@H]1CC[C@]2(C)[C@H]3CC[C@@H]4C([C@]5(C)CC[C@@H](O)C(C)(C)O5)CC[C@@]4(C)[C@]3(C)CC[C@H]2C1(C)C. The van der Waals surface area contributed by atoms with Crippen LogP contribution in [0, 0.1) is 45.3 Å². The van der Waals surface area contributed by atoms with Crippen LogP contribution in [-0.4, -0.2) is 34.5 Å². The molecular weight excluding hydrogens is 448 g/mol. The maximum atomic E-state index is 11.9. The van der Waals surface area contributed by atoms with Gasteiger partial charge < -0.3 is 14.6 Å². The van der Waals surface area contributed by atoms with Gasteiger partial charge in [-0.3, -0.25) is 4.79 Å². The van der Waals surface area contributed by atoms with E-state index in [1.807, 2.05) is 0 Å². The third kappa shape index (κ3) is 3.55. The molecular formula is C32H54O4. The lowest BCUT2D eigenvalue weighted by Gasteiger charge is -2.70. The van der Waals surface area contributed by atoms with Crippen molar-refractivity contribution in [3.05, 3.63) is 0 Å². The molecule has 1 aliphatic heterocycles. The molecule has 0 bridgehead atoms. The number of esters is 1. The number of aliphatic hydroxyl groups is 1. The zero-order valence-corrected chi connectivity index (χ0v) is 24.7. The summed E-state index contributed by atoms with van der Waals surface area (Å²) in [5, 5.41) is 10.6. The van der Waals surface area contributed by atoms with E-state index in [9.17, 15) is 9.90 Å². The fourth-order valence-electron chi connectivity index (χ4n) is 11.6. The summed E-state index contributed by atoms with van der Waals surface area (Å²) in [6, 6.07) is 0. The summed E-state index contributed by atoms with van der Waals surface area (Å²) >= 11 is 0. The van der Waals surface area contributed by atoms with Crippen molar-refractivity contribution >= 4 is 5.97 Å². The molecule has 0 spiro atoms. The van der Waals surface area contributed by atoms with Gasteiger partial charge in [-0.2, -0.15) is 0 Å². The molecule has 4 heteroatoms. The van der Waals surface area contributed by atoms with Crippen molar-refractivity contribution in [3.8, 4) is 0 Å². The van der Waals surface area contributed by atoms with Gasteiger partial charge in [0.15, 0.2) is 0 Å². The molecule has 5 aliphatic rings. The number of rotatable bonds is 2. The summed E-state index contributed by atoms with van der Waals surface area (Å²) in [5.74, 6) is 2.46. The van der Waals surface area contributed by atoms with Gasteiger partial charge in [-0.05, 0) is 125 Å². The predicted molar refractivity (Wildman–Crippen MR) is 143 cm³/mol. The van der Waals surface area contributed by atoms with E-state index >= 15 is 0 Å². The van der Waals surface area contributed by atoms with Crippen molar-refractivity contribution in [1.82, 2.24) is 0 Å². The molecule has 0 radical (unpaired) electrons. The van der Waals surface area contributed by atoms with Crippen LogP contribution < -0.4 is 0 Å². The van der Waals surface area contributed by atoms with Gasteiger partial charge in [0.25, 0.3) is 0 Å². The minimum atomic E-state index is -0.467. The van der Waals surface area contributed by atoms with Crippen LogP contribution in [0.1, 0.15) is 127 Å². The molecule has 0 amide bonds. The van der Waals surface area contributed by atoms with Crippen LogP contribution >= 0.6 is 0 Å². The molecule has 0 aromatic carbocycles. The highest BCUT2D eigenvalue weighted by atomic mass is 16.5. The topological polar surface area (TPSA) is 55.8 Å². The fraction of sp³-hybridized carbons (Fsp3) is 0.969. The summed E-state index contributed by atoms with van der Waals surface area (Å²) in [5.41, 5.74) is 0.380. The van der Waals surface area contributed by atoms with Crippen LogP contribution in [0.5, 0.6) is 0 Å². The number of carbonyl (C=O) groups excluding carboxylic acids is 1. The molecule has 5 fully saturated rings. The molecule has 206 valence electrons. The minimum absolute atomic E-state index is 0.0196. The average molecular weight is 503 g/mol. The zero-order valence-electron chi connectivity index (χ0n) is 24.7. The van der Waals surface area contributed by atoms with Gasteiger partial charge in [0.05, 0.1) is 17.3 Å². The van der Waals surface area contributed by atoms with Crippen molar-refractivity contribution in [2.45, 2.75) is 150 Å². The van der Waals surface area contributed by atoms with Gasteiger partial charge in [-0.25, -0.2) is 0 Å². The number of hydrogen-bond donors (Lipinski definition) is 1.